The molecule has 1 spiro atoms. The van der Waals surface area contributed by atoms with Gasteiger partial charge in [-0.05, 0) is 93.0 Å². The van der Waals surface area contributed by atoms with Gasteiger partial charge in [0.15, 0.2) is 0 Å². The van der Waals surface area contributed by atoms with Crippen LogP contribution in [0.4, 0.5) is 0 Å². The summed E-state index contributed by atoms with van der Waals surface area (Å²) < 4.78 is 23.2. The third kappa shape index (κ3) is 4.16. The molecule has 4 nitrogen and oxygen atoms in total. The molecule has 44 heavy (non-hydrogen) atoms. The van der Waals surface area contributed by atoms with Crippen molar-refractivity contribution < 1.29 is 18.9 Å². The van der Waals surface area contributed by atoms with Gasteiger partial charge in [-0.1, -0.05) is 23.7 Å². The number of methoxy groups -OCH3 is 4. The summed E-state index contributed by atoms with van der Waals surface area (Å²) in [4.78, 5) is 0. The Morgan fingerprint density at radius 1 is 0.477 bits per heavy atom. The van der Waals surface area contributed by atoms with Crippen LogP contribution in [0.3, 0.4) is 0 Å². The molecule has 6 rings (SSSR count). The van der Waals surface area contributed by atoms with Crippen molar-refractivity contribution >= 4 is 23.2 Å². The highest BCUT2D eigenvalue weighted by Gasteiger charge is 2.53. The minimum Gasteiger partial charge on any atom is -0.495 e. The lowest BCUT2D eigenvalue weighted by Crippen LogP contribution is -2.26. The van der Waals surface area contributed by atoms with Gasteiger partial charge in [0.1, 0.15) is 23.0 Å². The van der Waals surface area contributed by atoms with Crippen molar-refractivity contribution in [3.63, 3.8) is 0 Å². The first kappa shape index (κ1) is 30.4. The first-order valence-electron chi connectivity index (χ1n) is 13.3. The van der Waals surface area contributed by atoms with Crippen molar-refractivity contribution in [3.05, 3.63) is 93.0 Å². The molecule has 0 aliphatic heterocycles. The maximum Gasteiger partial charge on any atom is 0.134 e. The minimum absolute atomic E-state index is 0.194. The number of hydrogen-bond donors (Lipinski definition) is 0. The Morgan fingerprint density at radius 2 is 0.682 bits per heavy atom. The van der Waals surface area contributed by atoms with E-state index in [1.54, 1.807) is 28.4 Å². The van der Waals surface area contributed by atoms with Crippen molar-refractivity contribution in [1.29, 1.82) is 0 Å². The third-order valence-corrected chi connectivity index (χ3v) is 8.18. The first-order chi connectivity index (χ1) is 21.4. The number of terminal acetylenes is 4. The van der Waals surface area contributed by atoms with Crippen LogP contribution in [-0.4, -0.2) is 33.8 Å². The van der Waals surface area contributed by atoms with E-state index in [1.807, 2.05) is 48.5 Å². The van der Waals surface area contributed by atoms with E-state index < -0.39 is 5.41 Å². The van der Waals surface area contributed by atoms with E-state index in [-0.39, 0.29) is 5.34 Å². The van der Waals surface area contributed by atoms with Gasteiger partial charge in [-0.25, -0.2) is 0 Å². The van der Waals surface area contributed by atoms with Crippen LogP contribution < -0.4 is 18.9 Å². The largest absolute Gasteiger partial charge is 0.495 e. The number of benzene rings is 4. The normalized spacial score (nSPS) is 12.0. The Bertz CT molecular complexity index is 1720. The van der Waals surface area contributed by atoms with Crippen LogP contribution >= 0.6 is 23.2 Å². The number of halogens is 2. The smallest absolute Gasteiger partial charge is 0.134 e. The molecule has 216 valence electrons. The van der Waals surface area contributed by atoms with Crippen molar-refractivity contribution in [2.75, 3.05) is 33.8 Å². The molecule has 0 heterocycles. The van der Waals surface area contributed by atoms with Crippen molar-refractivity contribution in [3.8, 4) is 94.6 Å². The molecule has 6 heteroatoms. The highest BCUT2D eigenvalue weighted by atomic mass is 35.5. The van der Waals surface area contributed by atoms with Crippen LogP contribution in [0.15, 0.2) is 48.5 Å². The quantitative estimate of drug-likeness (QED) is 0.153. The van der Waals surface area contributed by atoms with Gasteiger partial charge in [0, 0.05) is 0 Å². The summed E-state index contributed by atoms with van der Waals surface area (Å²) in [7, 11) is 6.44. The fourth-order valence-electron chi connectivity index (χ4n) is 6.45. The zero-order valence-corrected chi connectivity index (χ0v) is 26.0. The molecule has 0 saturated heterocycles. The number of hydrogen-bond acceptors (Lipinski definition) is 4. The zero-order chi connectivity index (χ0) is 31.8. The van der Waals surface area contributed by atoms with E-state index in [4.69, 9.17) is 67.8 Å². The third-order valence-electron chi connectivity index (χ3n) is 8.18. The second kappa shape index (κ2) is 11.9. The number of fused-ring (bicyclic) bond motifs is 10. The summed E-state index contributed by atoms with van der Waals surface area (Å²) in [6.07, 6.45) is 23.7. The Labute approximate surface area is 268 Å². The topological polar surface area (TPSA) is 36.9 Å². The first-order valence-corrected chi connectivity index (χ1v) is 14.3. The van der Waals surface area contributed by atoms with Crippen LogP contribution in [0.1, 0.15) is 44.5 Å². The summed E-state index contributed by atoms with van der Waals surface area (Å²) in [6, 6.07) is 15.9. The standard InChI is InChI=1S/C37H24O4.CH2Cl2/c1-9-21-13-25-26-14-22(10-2)34(39-6)18-30(26)37(29(25)17-33(21)38-5)31-19-35(40-7)23(11-3)15-27(31)28-16-24(12-4)36(41-8)20-32(28)37;2-1-3/h1-4,13-20H,5-8H3;1H2. The van der Waals surface area contributed by atoms with E-state index in [0.717, 1.165) is 44.5 Å². The Hall–Kier alpha value is -5.10. The molecule has 0 radical (unpaired) electrons. The summed E-state index contributed by atoms with van der Waals surface area (Å²) in [5.74, 6) is 13.4. The van der Waals surface area contributed by atoms with E-state index in [1.165, 1.54) is 0 Å². The second-order valence-electron chi connectivity index (χ2n) is 9.82. The van der Waals surface area contributed by atoms with Crippen LogP contribution in [0.2, 0.25) is 0 Å². The Kier molecular flexibility index (Phi) is 8.20. The number of alkyl halides is 2. The molecule has 0 bridgehead atoms. The van der Waals surface area contributed by atoms with Crippen LogP contribution in [-0.2, 0) is 5.41 Å². The molecule has 4 aromatic rings. The molecule has 0 amide bonds. The van der Waals surface area contributed by atoms with Gasteiger partial charge in [-0.2, -0.15) is 0 Å². The highest BCUT2D eigenvalue weighted by molar-refractivity contribution is 6.40. The molecule has 4 aromatic carbocycles. The molecule has 2 aliphatic rings. The summed E-state index contributed by atoms with van der Waals surface area (Å²) in [6.45, 7) is 0. The van der Waals surface area contributed by atoms with Gasteiger partial charge in [0.2, 0.25) is 0 Å². The highest BCUT2D eigenvalue weighted by Crippen LogP contribution is 2.65. The molecule has 0 atom stereocenters. The lowest BCUT2D eigenvalue weighted by molar-refractivity contribution is 0.410. The summed E-state index contributed by atoms with van der Waals surface area (Å²) >= 11 is 9.53. The molecule has 2 aliphatic carbocycles. The molecular formula is C38H26Cl2O4. The molecule has 0 aromatic heterocycles. The zero-order valence-electron chi connectivity index (χ0n) is 24.5. The van der Waals surface area contributed by atoms with Gasteiger partial charge >= 0.3 is 0 Å². The summed E-state index contributed by atoms with van der Waals surface area (Å²) in [5, 5.41) is 0.194. The number of rotatable bonds is 4. The van der Waals surface area contributed by atoms with E-state index in [2.05, 4.69) is 23.7 Å². The minimum atomic E-state index is -0.850. The predicted molar refractivity (Wildman–Crippen MR) is 177 cm³/mol. The van der Waals surface area contributed by atoms with E-state index in [9.17, 15) is 0 Å². The second-order valence-corrected chi connectivity index (χ2v) is 10.6. The van der Waals surface area contributed by atoms with Crippen molar-refractivity contribution in [1.82, 2.24) is 0 Å². The molecule has 0 fully saturated rings. The Balaban J connectivity index is 0.00000123. The monoisotopic (exact) mass is 616 g/mol. The lowest BCUT2D eigenvalue weighted by atomic mass is 9.70. The fourth-order valence-corrected chi connectivity index (χ4v) is 6.45. The number of ether oxygens (including phenoxy) is 4. The van der Waals surface area contributed by atoms with Gasteiger partial charge < -0.3 is 18.9 Å². The van der Waals surface area contributed by atoms with Crippen LogP contribution in [0.5, 0.6) is 23.0 Å². The Morgan fingerprint density at radius 3 is 0.841 bits per heavy atom. The fraction of sp³-hybridized carbons (Fsp3) is 0.158. The van der Waals surface area contributed by atoms with Gasteiger partial charge in [-0.15, -0.1) is 48.9 Å². The van der Waals surface area contributed by atoms with E-state index in [0.29, 0.717) is 45.3 Å². The molecule has 0 unspecified atom stereocenters. The van der Waals surface area contributed by atoms with Gasteiger partial charge in [0.25, 0.3) is 0 Å². The summed E-state index contributed by atoms with van der Waals surface area (Å²) in [5.41, 5.74) is 9.27. The average Bonchev–Trinajstić information content (AvgIpc) is 3.50. The van der Waals surface area contributed by atoms with Crippen molar-refractivity contribution in [2.24, 2.45) is 0 Å². The molecule has 0 N–H and O–H groups in total. The average molecular weight is 618 g/mol. The van der Waals surface area contributed by atoms with Gasteiger partial charge in [0.05, 0.1) is 61.4 Å². The predicted octanol–water partition coefficient (Wildman–Crippen LogP) is 7.41. The van der Waals surface area contributed by atoms with Crippen LogP contribution in [0, 0.1) is 49.4 Å². The van der Waals surface area contributed by atoms with Crippen molar-refractivity contribution in [2.45, 2.75) is 5.41 Å². The van der Waals surface area contributed by atoms with Gasteiger partial charge in [-0.3, -0.25) is 0 Å². The van der Waals surface area contributed by atoms with E-state index >= 15 is 0 Å². The maximum atomic E-state index is 5.93. The van der Waals surface area contributed by atoms with Crippen LogP contribution in [0.25, 0.3) is 22.3 Å². The maximum absolute atomic E-state index is 5.93. The SMILES string of the molecule is C#Cc1cc2c(cc1OC)C1(c3cc(OC)c(C#C)cc3-2)c2cc(OC)c(C#C)cc2-c2cc(C#C)c(OC)cc21.ClCCl. The molecular weight excluding hydrogens is 591 g/mol. The lowest BCUT2D eigenvalue weighted by Gasteiger charge is -2.31. The molecule has 0 saturated carbocycles.